The summed E-state index contributed by atoms with van der Waals surface area (Å²) in [4.78, 5) is 67.7. The number of unbranched alkanes of at least 4 members (excludes halogenated alkanes) is 12. The third-order valence-electron chi connectivity index (χ3n) is 3.86. The molecule has 0 saturated heterocycles. The van der Waals surface area contributed by atoms with Crippen LogP contribution in [-0.2, 0) is 4.52 Å². The Morgan fingerprint density at radius 1 is 0.697 bits per heavy atom. The van der Waals surface area contributed by atoms with E-state index in [1.807, 2.05) is 0 Å². The molecule has 0 aliphatic rings. The Morgan fingerprint density at radius 2 is 1.00 bits per heavy atom. The maximum Gasteiger partial charge on any atom is 3.00 e. The quantitative estimate of drug-likeness (QED) is 0.0788. The van der Waals surface area contributed by atoms with Crippen molar-refractivity contribution in [1.29, 1.82) is 0 Å². The van der Waals surface area contributed by atoms with Crippen LogP contribution in [0.15, 0.2) is 12.2 Å². The first kappa shape index (κ1) is 41.3. The fourth-order valence-electron chi connectivity index (χ4n) is 2.50. The van der Waals surface area contributed by atoms with Crippen molar-refractivity contribution in [3.63, 3.8) is 0 Å². The Morgan fingerprint density at radius 3 is 1.33 bits per heavy atom. The first-order valence-electron chi connectivity index (χ1n) is 11.3. The van der Waals surface area contributed by atoms with Crippen LogP contribution in [0, 0.1) is 0 Å². The molecule has 13 heteroatoms. The largest absolute Gasteiger partial charge is 3.00 e. The van der Waals surface area contributed by atoms with Crippen LogP contribution < -0.4 is 14.7 Å². The van der Waals surface area contributed by atoms with E-state index in [1.165, 1.54) is 77.0 Å². The monoisotopic (exact) mass is 550 g/mol. The molecule has 0 atom stereocenters. The van der Waals surface area contributed by atoms with Gasteiger partial charge in [0, 0.05) is 6.66 Å². The molecule has 0 radical (unpaired) electrons. The minimum Gasteiger partial charge on any atom is -0.688 e. The average molecular weight is 550 g/mol. The van der Waals surface area contributed by atoms with Gasteiger partial charge in [0.1, 0.15) is 6.66 Å². The molecule has 0 spiro atoms. The van der Waals surface area contributed by atoms with E-state index in [2.05, 4.69) is 19.1 Å². The molecule has 0 saturated carbocycles. The molecule has 0 aromatic carbocycles. The molecule has 5 N–H and O–H groups in total. The second-order valence-electron chi connectivity index (χ2n) is 7.66. The summed E-state index contributed by atoms with van der Waals surface area (Å²) < 4.78 is 4.73. The third kappa shape index (κ3) is 79.2. The van der Waals surface area contributed by atoms with Crippen molar-refractivity contribution in [2.24, 2.45) is 0 Å². The van der Waals surface area contributed by atoms with Gasteiger partial charge < -0.3 is 29.0 Å². The smallest absolute Gasteiger partial charge is 0.688 e. The van der Waals surface area contributed by atoms with Gasteiger partial charge in [-0.05, 0) is 32.1 Å². The summed E-state index contributed by atoms with van der Waals surface area (Å²) in [5, 5.41) is 0. The minimum absolute atomic E-state index is 0. The van der Waals surface area contributed by atoms with Crippen LogP contribution in [-0.4, -0.2) is 61.8 Å². The second-order valence-corrected chi connectivity index (χ2v) is 11.7. The van der Waals surface area contributed by atoms with Gasteiger partial charge in [-0.3, -0.25) is 0 Å². The summed E-state index contributed by atoms with van der Waals surface area (Å²) in [6.07, 6.45) is 22.6. The van der Waals surface area contributed by atoms with Gasteiger partial charge in [-0.25, -0.2) is 0 Å². The van der Waals surface area contributed by atoms with Crippen molar-refractivity contribution in [1.82, 2.24) is 0 Å². The van der Waals surface area contributed by atoms with Crippen LogP contribution in [0.25, 0.3) is 0 Å². The van der Waals surface area contributed by atoms with Crippen molar-refractivity contribution < 1.29 is 43.7 Å². The molecule has 0 rings (SSSR count). The van der Waals surface area contributed by atoms with Crippen molar-refractivity contribution in [3.05, 3.63) is 12.2 Å². The van der Waals surface area contributed by atoms with Crippen molar-refractivity contribution in [2.45, 2.75) is 96.8 Å². The third-order valence-corrected chi connectivity index (χ3v) is 4.28. The van der Waals surface area contributed by atoms with Crippen LogP contribution >= 0.6 is 24.5 Å². The molecule has 0 amide bonds. The molecule has 0 aromatic heterocycles. The summed E-state index contributed by atoms with van der Waals surface area (Å²) in [7, 11) is -9.68. The number of hydrogen-bond donors (Lipinski definition) is 5. The zero-order chi connectivity index (χ0) is 25.3. The van der Waals surface area contributed by atoms with Gasteiger partial charge in [-0.2, -0.15) is 22.6 Å². The van der Waals surface area contributed by atoms with E-state index in [9.17, 15) is 0 Å². The summed E-state index contributed by atoms with van der Waals surface area (Å²) in [5.74, 6) is 0. The molecule has 9 nitrogen and oxygen atoms in total. The average Bonchev–Trinajstić information content (AvgIpc) is 2.61. The molecule has 0 heterocycles. The Labute approximate surface area is 214 Å². The summed E-state index contributed by atoms with van der Waals surface area (Å²) >= 11 is 0. The van der Waals surface area contributed by atoms with Gasteiger partial charge in [0.05, 0.1) is 6.61 Å². The summed E-state index contributed by atoms with van der Waals surface area (Å²) in [6.45, 7) is 4.33. The summed E-state index contributed by atoms with van der Waals surface area (Å²) in [5.41, 5.74) is 0. The molecule has 196 valence electrons. The van der Waals surface area contributed by atoms with E-state index in [0.29, 0.717) is 13.3 Å². The van der Waals surface area contributed by atoms with Crippen LogP contribution in [0.3, 0.4) is 0 Å². The van der Waals surface area contributed by atoms with E-state index < -0.39 is 24.5 Å². The molecular formula is C20H46AlO9P3+2. The fourth-order valence-corrected chi connectivity index (χ4v) is 2.79. The van der Waals surface area contributed by atoms with Crippen LogP contribution in [0.1, 0.15) is 96.8 Å². The standard InChI is InChI=1S/C18H37O3P.CH6O3P.CH5O3P.Al/c1-2-3-4-5-6-7-8-9-10-11-12-13-14-15-16-17-18-21-22(19)20;2*1-5(2,3)4;/h9-10,19-20H,2-8,11-18H2,1H3;2-4H,1H3;1H3,(H2,2,3,4);/q;+1;;+3/p-2. The van der Waals surface area contributed by atoms with Gasteiger partial charge >= 0.3 is 33.9 Å². The van der Waals surface area contributed by atoms with Gasteiger partial charge in [0.15, 0.2) is 0 Å². The van der Waals surface area contributed by atoms with Crippen molar-refractivity contribution >= 4 is 41.9 Å². The van der Waals surface area contributed by atoms with E-state index >= 15 is 0 Å². The van der Waals surface area contributed by atoms with Gasteiger partial charge in [-0.1, -0.05) is 76.9 Å². The minimum atomic E-state index is -4.14. The van der Waals surface area contributed by atoms with Crippen LogP contribution in [0.4, 0.5) is 0 Å². The molecular weight excluding hydrogens is 504 g/mol. The van der Waals surface area contributed by atoms with E-state index in [0.717, 1.165) is 19.5 Å². The Balaban J connectivity index is -0.000000318. The fraction of sp³-hybridized carbons (Fsp3) is 0.900. The Bertz CT molecular complexity index is 370. The first-order chi connectivity index (χ1) is 14.8. The maximum absolute atomic E-state index is 9.10. The predicted octanol–water partition coefficient (Wildman–Crippen LogP) is 2.69. The van der Waals surface area contributed by atoms with E-state index in [1.54, 1.807) is 0 Å². The number of hydrogen-bond acceptors (Lipinski definition) is 9. The SMILES string of the molecule is CCCCCCCCC=CCCCCCCCCOP(O)O.C[P+](O)(O)O.C[P+]([O-])([O-])[O-].[Al+3]. The van der Waals surface area contributed by atoms with E-state index in [4.69, 9.17) is 43.7 Å². The van der Waals surface area contributed by atoms with Crippen LogP contribution in [0.5, 0.6) is 0 Å². The molecule has 33 heavy (non-hydrogen) atoms. The van der Waals surface area contributed by atoms with Crippen molar-refractivity contribution in [3.8, 4) is 0 Å². The Hall–Kier alpha value is 1.20. The van der Waals surface area contributed by atoms with Gasteiger partial charge in [-0.15, -0.1) is 0 Å². The number of allylic oxidation sites excluding steroid dienone is 2. The molecule has 0 unspecified atom stereocenters. The molecule has 0 aliphatic carbocycles. The van der Waals surface area contributed by atoms with Gasteiger partial charge in [0.25, 0.3) is 0 Å². The molecule has 0 aromatic rings. The van der Waals surface area contributed by atoms with E-state index in [-0.39, 0.29) is 17.4 Å². The maximum atomic E-state index is 9.10. The normalized spacial score (nSPS) is 11.5. The molecule has 0 aliphatic heterocycles. The summed E-state index contributed by atoms with van der Waals surface area (Å²) in [6, 6.07) is 0. The molecule has 0 bridgehead atoms. The second kappa shape index (κ2) is 29.4. The Kier molecular flexibility index (Phi) is 36.9. The van der Waals surface area contributed by atoms with Gasteiger partial charge in [0.2, 0.25) is 0 Å². The predicted molar refractivity (Wildman–Crippen MR) is 135 cm³/mol. The first-order valence-corrected chi connectivity index (χ1v) is 16.5. The molecule has 0 fully saturated rings. The topological polar surface area (TPSA) is 180 Å². The van der Waals surface area contributed by atoms with Crippen molar-refractivity contribution in [2.75, 3.05) is 19.9 Å². The zero-order valence-corrected chi connectivity index (χ0v) is 24.4. The van der Waals surface area contributed by atoms with Crippen LogP contribution in [0.2, 0.25) is 0 Å². The zero-order valence-electron chi connectivity index (χ0n) is 20.5. The number of rotatable bonds is 17.